The van der Waals surface area contributed by atoms with Gasteiger partial charge in [0.1, 0.15) is 28.8 Å². The Balaban J connectivity index is 1.70. The van der Waals surface area contributed by atoms with Gasteiger partial charge >= 0.3 is 0 Å². The molecule has 1 fully saturated rings. The van der Waals surface area contributed by atoms with E-state index in [-0.39, 0.29) is 24.1 Å². The molecule has 1 aliphatic carbocycles. The average molecular weight is 391 g/mol. The molecule has 1 aliphatic rings. The van der Waals surface area contributed by atoms with Crippen LogP contribution in [-0.4, -0.2) is 30.2 Å². The smallest absolute Gasteiger partial charge is 0.191 e. The van der Waals surface area contributed by atoms with Gasteiger partial charge in [0.2, 0.25) is 0 Å². The van der Waals surface area contributed by atoms with Gasteiger partial charge in [-0.25, -0.2) is 13.8 Å². The lowest BCUT2D eigenvalue weighted by Gasteiger charge is -2.21. The van der Waals surface area contributed by atoms with Crippen molar-refractivity contribution < 1.29 is 18.3 Å². The van der Waals surface area contributed by atoms with Gasteiger partial charge in [-0.05, 0) is 52.3 Å². The topological polar surface area (TPSA) is 69.8 Å². The first-order valence-electron chi connectivity index (χ1n) is 9.51. The summed E-state index contributed by atoms with van der Waals surface area (Å²) in [7, 11) is 0. The number of hydrogen-bond donors (Lipinski definition) is 3. The van der Waals surface area contributed by atoms with Crippen molar-refractivity contribution in [3.8, 4) is 0 Å². The third-order valence-corrected chi connectivity index (χ3v) is 4.99. The number of aliphatic hydroxyl groups is 1. The fraction of sp³-hybridized carbons (Fsp3) is 0.476. The highest BCUT2D eigenvalue weighted by atomic mass is 19.1. The zero-order valence-corrected chi connectivity index (χ0v) is 16.6. The maximum atomic E-state index is 14.0. The fourth-order valence-electron chi connectivity index (χ4n) is 3.52. The number of halogens is 2. The normalized spacial score (nSPS) is 21.3. The first-order valence-corrected chi connectivity index (χ1v) is 9.51. The molecule has 0 saturated heterocycles. The number of nitrogens with zero attached hydrogens (tertiary/aromatic N) is 1. The van der Waals surface area contributed by atoms with Crippen LogP contribution in [0, 0.1) is 25.5 Å². The van der Waals surface area contributed by atoms with Gasteiger partial charge in [-0.1, -0.05) is 6.07 Å². The molecule has 3 atom stereocenters. The summed E-state index contributed by atoms with van der Waals surface area (Å²) in [6, 6.07) is 5.63. The summed E-state index contributed by atoms with van der Waals surface area (Å²) in [4.78, 5) is 4.48. The van der Waals surface area contributed by atoms with Crippen LogP contribution in [0.25, 0.3) is 0 Å². The second-order valence-corrected chi connectivity index (χ2v) is 7.52. The van der Waals surface area contributed by atoms with Crippen LogP contribution in [0.4, 0.5) is 8.78 Å². The molecule has 3 unspecified atom stereocenters. The summed E-state index contributed by atoms with van der Waals surface area (Å²) >= 11 is 0. The van der Waals surface area contributed by atoms with Gasteiger partial charge in [-0.15, -0.1) is 0 Å². The highest BCUT2D eigenvalue weighted by Gasteiger charge is 2.42. The molecule has 7 heteroatoms. The van der Waals surface area contributed by atoms with Crippen molar-refractivity contribution in [2.75, 3.05) is 13.1 Å². The van der Waals surface area contributed by atoms with Gasteiger partial charge in [0.05, 0.1) is 6.54 Å². The number of hydrogen-bond acceptors (Lipinski definition) is 3. The molecule has 0 spiro atoms. The Morgan fingerprint density at radius 2 is 2.00 bits per heavy atom. The highest BCUT2D eigenvalue weighted by molar-refractivity contribution is 5.80. The Labute approximate surface area is 163 Å². The molecule has 3 N–H and O–H groups in total. The Morgan fingerprint density at radius 3 is 2.57 bits per heavy atom. The van der Waals surface area contributed by atoms with Crippen LogP contribution in [0.1, 0.15) is 48.8 Å². The van der Waals surface area contributed by atoms with Crippen molar-refractivity contribution in [1.82, 2.24) is 10.6 Å². The zero-order valence-electron chi connectivity index (χ0n) is 16.6. The zero-order chi connectivity index (χ0) is 20.5. The maximum absolute atomic E-state index is 14.0. The second kappa shape index (κ2) is 7.91. The van der Waals surface area contributed by atoms with Crippen LogP contribution in [0.5, 0.6) is 0 Å². The number of rotatable bonds is 6. The predicted molar refractivity (Wildman–Crippen MR) is 104 cm³/mol. The number of benzene rings is 1. The van der Waals surface area contributed by atoms with E-state index in [2.05, 4.69) is 15.6 Å². The van der Waals surface area contributed by atoms with Gasteiger partial charge in [0.25, 0.3) is 0 Å². The lowest BCUT2D eigenvalue weighted by Crippen LogP contribution is -2.40. The molecule has 5 nitrogen and oxygen atoms in total. The molecule has 1 saturated carbocycles. The van der Waals surface area contributed by atoms with Crippen molar-refractivity contribution in [3.05, 3.63) is 58.5 Å². The van der Waals surface area contributed by atoms with E-state index in [9.17, 15) is 13.9 Å². The monoisotopic (exact) mass is 391 g/mol. The molecule has 1 aromatic carbocycles. The molecule has 1 aromatic heterocycles. The molecule has 152 valence electrons. The van der Waals surface area contributed by atoms with Crippen LogP contribution in [0.15, 0.2) is 33.7 Å². The number of nitrogens with one attached hydrogen (secondary N) is 2. The van der Waals surface area contributed by atoms with Gasteiger partial charge in [-0.3, -0.25) is 0 Å². The first-order chi connectivity index (χ1) is 13.2. The van der Waals surface area contributed by atoms with E-state index in [1.807, 2.05) is 26.8 Å². The number of aryl methyl sites for hydroxylation is 2. The van der Waals surface area contributed by atoms with E-state index in [0.717, 1.165) is 5.76 Å². The molecule has 0 aliphatic heterocycles. The molecule has 3 rings (SSSR count). The lowest BCUT2D eigenvalue weighted by atomic mass is 9.96. The summed E-state index contributed by atoms with van der Waals surface area (Å²) in [5.74, 6) is 0.617. The van der Waals surface area contributed by atoms with Crippen molar-refractivity contribution in [2.24, 2.45) is 4.99 Å². The Bertz CT molecular complexity index is 856. The minimum Gasteiger partial charge on any atom is -0.466 e. The first kappa shape index (κ1) is 20.3. The molecular formula is C21H27F2N3O2. The van der Waals surface area contributed by atoms with Gasteiger partial charge in [-0.2, -0.15) is 0 Å². The SMILES string of the molecule is CCNC(=NCC(C)(O)c1cc(C)oc1C)NC1CC1c1c(F)cccc1F. The Kier molecular flexibility index (Phi) is 5.74. The van der Waals surface area contributed by atoms with E-state index in [1.165, 1.54) is 18.2 Å². The Morgan fingerprint density at radius 1 is 1.32 bits per heavy atom. The third-order valence-electron chi connectivity index (χ3n) is 4.99. The van der Waals surface area contributed by atoms with Crippen LogP contribution in [-0.2, 0) is 5.60 Å². The number of guanidine groups is 1. The van der Waals surface area contributed by atoms with Crippen LogP contribution in [0.3, 0.4) is 0 Å². The average Bonchev–Trinajstić information content (AvgIpc) is 3.26. The summed E-state index contributed by atoms with van der Waals surface area (Å²) in [5.41, 5.74) is -0.375. The lowest BCUT2D eigenvalue weighted by molar-refractivity contribution is 0.0657. The quantitative estimate of drug-likeness (QED) is 0.521. The number of aliphatic imine (C=N–C) groups is 1. The predicted octanol–water partition coefficient (Wildman–Crippen LogP) is 3.49. The van der Waals surface area contributed by atoms with E-state index >= 15 is 0 Å². The van der Waals surface area contributed by atoms with Crippen molar-refractivity contribution in [1.29, 1.82) is 0 Å². The highest BCUT2D eigenvalue weighted by Crippen LogP contribution is 2.43. The largest absolute Gasteiger partial charge is 0.466 e. The maximum Gasteiger partial charge on any atom is 0.191 e. The summed E-state index contributed by atoms with van der Waals surface area (Å²) in [6.45, 7) is 8.00. The van der Waals surface area contributed by atoms with E-state index < -0.39 is 17.2 Å². The summed E-state index contributed by atoms with van der Waals surface area (Å²) < 4.78 is 33.5. The molecule has 28 heavy (non-hydrogen) atoms. The fourth-order valence-corrected chi connectivity index (χ4v) is 3.52. The van der Waals surface area contributed by atoms with E-state index in [0.29, 0.717) is 30.2 Å². The standard InChI is InChI=1S/C21H27F2N3O2/c1-5-24-20(25-11-21(4,27)15-9-12(2)28-13(15)3)26-18-10-14(18)19-16(22)7-6-8-17(19)23/h6-9,14,18,27H,5,10-11H2,1-4H3,(H2,24,25,26). The number of furan rings is 1. The van der Waals surface area contributed by atoms with Crippen LogP contribution >= 0.6 is 0 Å². The van der Waals surface area contributed by atoms with Gasteiger partial charge in [0.15, 0.2) is 5.96 Å². The molecule has 0 bridgehead atoms. The van der Waals surface area contributed by atoms with Crippen molar-refractivity contribution in [3.63, 3.8) is 0 Å². The van der Waals surface area contributed by atoms with Crippen molar-refractivity contribution in [2.45, 2.75) is 51.7 Å². The second-order valence-electron chi connectivity index (χ2n) is 7.52. The minimum atomic E-state index is -1.19. The van der Waals surface area contributed by atoms with E-state index in [1.54, 1.807) is 6.92 Å². The Hall–Kier alpha value is -2.41. The summed E-state index contributed by atoms with van der Waals surface area (Å²) in [5, 5.41) is 17.2. The summed E-state index contributed by atoms with van der Waals surface area (Å²) in [6.07, 6.45) is 0.624. The van der Waals surface area contributed by atoms with Crippen LogP contribution < -0.4 is 10.6 Å². The van der Waals surface area contributed by atoms with Gasteiger partial charge in [0, 0.05) is 29.6 Å². The molecule has 2 aromatic rings. The molecule has 1 heterocycles. The minimum absolute atomic E-state index is 0.105. The van der Waals surface area contributed by atoms with E-state index in [4.69, 9.17) is 4.42 Å². The van der Waals surface area contributed by atoms with Gasteiger partial charge < -0.3 is 20.2 Å². The third kappa shape index (κ3) is 4.35. The van der Waals surface area contributed by atoms with Crippen molar-refractivity contribution >= 4 is 5.96 Å². The molecular weight excluding hydrogens is 364 g/mol. The molecule has 0 radical (unpaired) electrons. The molecule has 0 amide bonds. The van der Waals surface area contributed by atoms with Crippen LogP contribution in [0.2, 0.25) is 0 Å².